The van der Waals surface area contributed by atoms with Crippen molar-refractivity contribution in [2.45, 2.75) is 17.5 Å². The molecule has 3 rings (SSSR count). The Morgan fingerprint density at radius 1 is 1.00 bits per heavy atom. The highest BCUT2D eigenvalue weighted by atomic mass is 35.5. The van der Waals surface area contributed by atoms with E-state index in [2.05, 4.69) is 0 Å². The highest BCUT2D eigenvalue weighted by molar-refractivity contribution is 7.99. The summed E-state index contributed by atoms with van der Waals surface area (Å²) >= 11 is 7.75. The van der Waals surface area contributed by atoms with Crippen molar-refractivity contribution in [3.63, 3.8) is 0 Å². The molecule has 8 heteroatoms. The Morgan fingerprint density at radius 2 is 1.73 bits per heavy atom. The molecule has 0 spiro atoms. The SMILES string of the molecule is O=C(O)COc1ccc(SCC=C(c2ccccc2)c2cccc(CC(F)(F)F)c2)c(Cl)c1. The normalized spacial score (nSPS) is 11.9. The van der Waals surface area contributed by atoms with E-state index in [1.54, 1.807) is 36.4 Å². The minimum atomic E-state index is -4.28. The van der Waals surface area contributed by atoms with Crippen molar-refractivity contribution in [2.75, 3.05) is 12.4 Å². The zero-order chi connectivity index (χ0) is 23.8. The molecule has 0 bridgehead atoms. The van der Waals surface area contributed by atoms with Gasteiger partial charge in [-0.15, -0.1) is 11.8 Å². The van der Waals surface area contributed by atoms with E-state index in [9.17, 15) is 18.0 Å². The molecule has 0 amide bonds. The second-order valence-corrected chi connectivity index (χ2v) is 8.53. The van der Waals surface area contributed by atoms with E-state index in [0.29, 0.717) is 22.1 Å². The van der Waals surface area contributed by atoms with Gasteiger partial charge in [-0.3, -0.25) is 0 Å². The van der Waals surface area contributed by atoms with Gasteiger partial charge in [-0.25, -0.2) is 4.79 Å². The molecule has 1 N–H and O–H groups in total. The molecular weight excluding hydrogens is 473 g/mol. The summed E-state index contributed by atoms with van der Waals surface area (Å²) in [7, 11) is 0. The second kappa shape index (κ2) is 11.3. The van der Waals surface area contributed by atoms with E-state index >= 15 is 0 Å². The minimum Gasteiger partial charge on any atom is -0.482 e. The number of halogens is 4. The fraction of sp³-hybridized carbons (Fsp3) is 0.160. The number of aliphatic carboxylic acids is 1. The van der Waals surface area contributed by atoms with Gasteiger partial charge in [0.25, 0.3) is 0 Å². The number of rotatable bonds is 9. The number of carboxylic acids is 1. The molecule has 0 aliphatic heterocycles. The predicted octanol–water partition coefficient (Wildman–Crippen LogP) is 7.13. The third kappa shape index (κ3) is 7.87. The van der Waals surface area contributed by atoms with Gasteiger partial charge in [0.05, 0.1) is 11.4 Å². The van der Waals surface area contributed by atoms with Crippen LogP contribution in [0.2, 0.25) is 5.02 Å². The zero-order valence-corrected chi connectivity index (χ0v) is 18.9. The van der Waals surface area contributed by atoms with Crippen molar-refractivity contribution in [2.24, 2.45) is 0 Å². The lowest BCUT2D eigenvalue weighted by Gasteiger charge is -2.12. The summed E-state index contributed by atoms with van der Waals surface area (Å²) in [6.45, 7) is -0.459. The second-order valence-electron chi connectivity index (χ2n) is 7.06. The average Bonchev–Trinajstić information content (AvgIpc) is 2.76. The van der Waals surface area contributed by atoms with E-state index < -0.39 is 25.2 Å². The van der Waals surface area contributed by atoms with Crippen LogP contribution in [0.5, 0.6) is 5.75 Å². The van der Waals surface area contributed by atoms with E-state index in [1.807, 2.05) is 36.4 Å². The van der Waals surface area contributed by atoms with Crippen LogP contribution in [0.25, 0.3) is 5.57 Å². The van der Waals surface area contributed by atoms with Crippen molar-refractivity contribution < 1.29 is 27.8 Å². The molecule has 0 heterocycles. The molecule has 0 radical (unpaired) electrons. The lowest BCUT2D eigenvalue weighted by atomic mass is 9.95. The van der Waals surface area contributed by atoms with Gasteiger partial charge in [-0.05, 0) is 40.5 Å². The Bertz CT molecular complexity index is 1130. The monoisotopic (exact) mass is 492 g/mol. The molecule has 0 aliphatic carbocycles. The first-order valence-electron chi connectivity index (χ1n) is 9.90. The van der Waals surface area contributed by atoms with Crippen LogP contribution in [0, 0.1) is 0 Å². The van der Waals surface area contributed by atoms with Crippen LogP contribution in [0.1, 0.15) is 16.7 Å². The molecule has 0 fully saturated rings. The quantitative estimate of drug-likeness (QED) is 0.323. The lowest BCUT2D eigenvalue weighted by molar-refractivity contribution is -0.139. The summed E-state index contributed by atoms with van der Waals surface area (Å²) in [6.07, 6.45) is -3.30. The highest BCUT2D eigenvalue weighted by Gasteiger charge is 2.27. The molecule has 0 atom stereocenters. The maximum atomic E-state index is 12.9. The Balaban J connectivity index is 1.81. The molecule has 3 aromatic rings. The first-order valence-corrected chi connectivity index (χ1v) is 11.3. The van der Waals surface area contributed by atoms with Gasteiger partial charge in [-0.1, -0.05) is 72.3 Å². The number of carbonyl (C=O) groups is 1. The molecule has 0 saturated heterocycles. The highest BCUT2D eigenvalue weighted by Crippen LogP contribution is 2.33. The Labute approximate surface area is 198 Å². The van der Waals surface area contributed by atoms with Crippen molar-refractivity contribution in [1.82, 2.24) is 0 Å². The van der Waals surface area contributed by atoms with Crippen LogP contribution < -0.4 is 4.74 Å². The zero-order valence-electron chi connectivity index (χ0n) is 17.3. The van der Waals surface area contributed by atoms with Crippen LogP contribution in [-0.4, -0.2) is 29.6 Å². The molecule has 3 aromatic carbocycles. The summed E-state index contributed by atoms with van der Waals surface area (Å²) in [5.74, 6) is -0.209. The van der Waals surface area contributed by atoms with E-state index in [-0.39, 0.29) is 5.56 Å². The summed E-state index contributed by atoms with van der Waals surface area (Å²) in [5, 5.41) is 9.12. The topological polar surface area (TPSA) is 46.5 Å². The van der Waals surface area contributed by atoms with Gasteiger partial charge in [0.15, 0.2) is 6.61 Å². The minimum absolute atomic E-state index is 0.203. The Kier molecular flexibility index (Phi) is 8.47. The first kappa shape index (κ1) is 24.7. The molecule has 0 unspecified atom stereocenters. The fourth-order valence-electron chi connectivity index (χ4n) is 3.15. The number of carboxylic acid groups (broad SMARTS) is 1. The molecule has 33 heavy (non-hydrogen) atoms. The maximum Gasteiger partial charge on any atom is 0.393 e. The number of thioether (sulfide) groups is 1. The number of benzene rings is 3. The molecule has 0 saturated carbocycles. The third-order valence-electron chi connectivity index (χ3n) is 4.52. The maximum absolute atomic E-state index is 12.9. The van der Waals surface area contributed by atoms with Crippen LogP contribution in [0.15, 0.2) is 83.8 Å². The fourth-order valence-corrected chi connectivity index (χ4v) is 4.27. The molecule has 0 aliphatic rings. The summed E-state index contributed by atoms with van der Waals surface area (Å²) in [5.41, 5.74) is 2.62. The van der Waals surface area contributed by atoms with Crippen molar-refractivity contribution >= 4 is 34.9 Å². The Morgan fingerprint density at radius 3 is 2.39 bits per heavy atom. The van der Waals surface area contributed by atoms with Gasteiger partial charge in [0, 0.05) is 10.6 Å². The van der Waals surface area contributed by atoms with Gasteiger partial charge in [0.1, 0.15) is 5.75 Å². The van der Waals surface area contributed by atoms with Crippen LogP contribution in [0.3, 0.4) is 0 Å². The standard InChI is InChI=1S/C25H20ClF3O3S/c26-22-14-20(32-16-24(30)31)9-10-23(22)33-12-11-21(18-6-2-1-3-7-18)19-8-4-5-17(13-19)15-25(27,28)29/h1-11,13-14H,12,15-16H2,(H,30,31). The number of ether oxygens (including phenoxy) is 1. The molecule has 0 aromatic heterocycles. The van der Waals surface area contributed by atoms with E-state index in [1.165, 1.54) is 17.8 Å². The third-order valence-corrected chi connectivity index (χ3v) is 5.94. The number of alkyl halides is 3. The van der Waals surface area contributed by atoms with Crippen molar-refractivity contribution in [1.29, 1.82) is 0 Å². The summed E-state index contributed by atoms with van der Waals surface area (Å²) in [4.78, 5) is 11.4. The van der Waals surface area contributed by atoms with Gasteiger partial charge in [0.2, 0.25) is 0 Å². The predicted molar refractivity (Wildman–Crippen MR) is 125 cm³/mol. The van der Waals surface area contributed by atoms with E-state index in [4.69, 9.17) is 21.4 Å². The lowest BCUT2D eigenvalue weighted by Crippen LogP contribution is -2.11. The average molecular weight is 493 g/mol. The smallest absolute Gasteiger partial charge is 0.393 e. The van der Waals surface area contributed by atoms with Crippen LogP contribution in [0.4, 0.5) is 13.2 Å². The number of hydrogen-bond donors (Lipinski definition) is 1. The van der Waals surface area contributed by atoms with Gasteiger partial charge < -0.3 is 9.84 Å². The van der Waals surface area contributed by atoms with Gasteiger partial charge >= 0.3 is 12.1 Å². The first-order chi connectivity index (χ1) is 15.7. The summed E-state index contributed by atoms with van der Waals surface area (Å²) < 4.78 is 43.7. The van der Waals surface area contributed by atoms with Crippen molar-refractivity contribution in [3.05, 3.63) is 101 Å². The largest absolute Gasteiger partial charge is 0.482 e. The summed E-state index contributed by atoms with van der Waals surface area (Å²) in [6, 6.07) is 20.9. The number of hydrogen-bond acceptors (Lipinski definition) is 3. The van der Waals surface area contributed by atoms with Crippen LogP contribution in [-0.2, 0) is 11.2 Å². The molecule has 3 nitrogen and oxygen atoms in total. The van der Waals surface area contributed by atoms with Crippen LogP contribution >= 0.6 is 23.4 Å². The van der Waals surface area contributed by atoms with Crippen molar-refractivity contribution in [3.8, 4) is 5.75 Å². The molecular formula is C25H20ClF3O3S. The van der Waals surface area contributed by atoms with E-state index in [0.717, 1.165) is 16.0 Å². The Hall–Kier alpha value is -2.90. The van der Waals surface area contributed by atoms with Gasteiger partial charge in [-0.2, -0.15) is 13.2 Å². The molecule has 172 valence electrons.